The molecule has 1 rings (SSSR count). The molecule has 162 valence electrons. The highest BCUT2D eigenvalue weighted by Crippen LogP contribution is 2.29. The van der Waals surface area contributed by atoms with Crippen LogP contribution in [-0.2, 0) is 19.1 Å². The average Bonchev–Trinajstić information content (AvgIpc) is 3.36. The van der Waals surface area contributed by atoms with Crippen LogP contribution in [0.25, 0.3) is 0 Å². The minimum Gasteiger partial charge on any atom is -0.361 e. The van der Waals surface area contributed by atoms with Crippen LogP contribution in [0.15, 0.2) is 0 Å². The number of carbonyl (C=O) groups excluding carboxylic acids is 3. The van der Waals surface area contributed by atoms with Crippen molar-refractivity contribution in [1.82, 2.24) is 16.0 Å². The van der Waals surface area contributed by atoms with E-state index in [1.807, 2.05) is 41.5 Å². The third-order valence-electron chi connectivity index (χ3n) is 5.49. The zero-order chi connectivity index (χ0) is 21.6. The minimum atomic E-state index is -0.795. The summed E-state index contributed by atoms with van der Waals surface area (Å²) in [5.74, 6) is -0.349. The first kappa shape index (κ1) is 24.6. The van der Waals surface area contributed by atoms with E-state index in [2.05, 4.69) is 16.0 Å². The van der Waals surface area contributed by atoms with Crippen LogP contribution in [0.4, 0.5) is 0 Å². The van der Waals surface area contributed by atoms with Crippen molar-refractivity contribution >= 4 is 17.6 Å². The number of hydrogen-bond acceptors (Lipinski definition) is 5. The lowest BCUT2D eigenvalue weighted by Gasteiger charge is -2.29. The van der Waals surface area contributed by atoms with E-state index in [0.717, 1.165) is 6.42 Å². The van der Waals surface area contributed by atoms with Gasteiger partial charge in [-0.05, 0) is 38.1 Å². The monoisotopic (exact) mass is 397 g/mol. The number of ether oxygens (including phenoxy) is 1. The molecule has 7 heteroatoms. The normalized spacial score (nSPS) is 23.1. The van der Waals surface area contributed by atoms with Crippen molar-refractivity contribution in [1.29, 1.82) is 0 Å². The van der Waals surface area contributed by atoms with Crippen LogP contribution in [0.5, 0.6) is 0 Å². The number of amides is 2. The number of rotatable bonds is 12. The Bertz CT molecular complexity index is 558. The second-order valence-electron chi connectivity index (χ2n) is 8.96. The summed E-state index contributed by atoms with van der Waals surface area (Å²) >= 11 is 0. The summed E-state index contributed by atoms with van der Waals surface area (Å²) < 4.78 is 5.29. The van der Waals surface area contributed by atoms with Gasteiger partial charge in [0.2, 0.25) is 11.8 Å². The van der Waals surface area contributed by atoms with Crippen LogP contribution in [-0.4, -0.2) is 55.0 Å². The molecule has 1 heterocycles. The average molecular weight is 398 g/mol. The van der Waals surface area contributed by atoms with Crippen LogP contribution >= 0.6 is 0 Å². The molecule has 3 N–H and O–H groups in total. The van der Waals surface area contributed by atoms with Gasteiger partial charge in [-0.3, -0.25) is 14.4 Å². The Morgan fingerprint density at radius 3 is 1.93 bits per heavy atom. The molecule has 5 atom stereocenters. The number of Topliss-reactive ketones (excluding diaryl/α,β-unsaturated/α-hetero) is 1. The summed E-state index contributed by atoms with van der Waals surface area (Å²) in [6.45, 7) is 14.0. The van der Waals surface area contributed by atoms with Crippen LogP contribution < -0.4 is 16.0 Å². The number of nitrogens with one attached hydrogen (secondary N) is 3. The van der Waals surface area contributed by atoms with Gasteiger partial charge in [-0.15, -0.1) is 0 Å². The Morgan fingerprint density at radius 1 is 1.00 bits per heavy atom. The summed E-state index contributed by atoms with van der Waals surface area (Å²) in [4.78, 5) is 38.5. The zero-order valence-electron chi connectivity index (χ0n) is 18.7. The predicted molar refractivity (Wildman–Crippen MR) is 110 cm³/mol. The third-order valence-corrected chi connectivity index (χ3v) is 5.49. The van der Waals surface area contributed by atoms with E-state index >= 15 is 0 Å². The Morgan fingerprint density at radius 2 is 1.54 bits per heavy atom. The summed E-state index contributed by atoms with van der Waals surface area (Å²) in [5, 5.41) is 8.80. The maximum Gasteiger partial charge on any atom is 0.243 e. The second-order valence-corrected chi connectivity index (χ2v) is 8.96. The predicted octanol–water partition coefficient (Wildman–Crippen LogP) is 1.65. The van der Waals surface area contributed by atoms with Crippen LogP contribution in [0.2, 0.25) is 0 Å². The molecule has 0 aromatic carbocycles. The molecule has 0 aliphatic carbocycles. The molecule has 0 saturated carbocycles. The van der Waals surface area contributed by atoms with Gasteiger partial charge in [0.1, 0.15) is 11.6 Å². The summed E-state index contributed by atoms with van der Waals surface area (Å²) in [6, 6.07) is -1.69. The summed E-state index contributed by atoms with van der Waals surface area (Å²) in [5.41, 5.74) is -0.795. The van der Waals surface area contributed by atoms with Gasteiger partial charge in [0, 0.05) is 0 Å². The Hall–Kier alpha value is -1.47. The number of epoxide rings is 1. The maximum atomic E-state index is 13.1. The molecule has 0 aromatic heterocycles. The second kappa shape index (κ2) is 10.3. The van der Waals surface area contributed by atoms with Crippen LogP contribution in [0, 0.1) is 17.8 Å². The van der Waals surface area contributed by atoms with Gasteiger partial charge in [-0.1, -0.05) is 48.0 Å². The van der Waals surface area contributed by atoms with Gasteiger partial charge in [-0.25, -0.2) is 0 Å². The largest absolute Gasteiger partial charge is 0.361 e. The van der Waals surface area contributed by atoms with Gasteiger partial charge < -0.3 is 20.7 Å². The molecule has 0 bridgehead atoms. The van der Waals surface area contributed by atoms with E-state index in [1.54, 1.807) is 14.0 Å². The Labute approximate surface area is 169 Å². The standard InChI is InChI=1S/C21H39N3O4/c1-9-14(6)17(24-19(26)16(22-8)13(4)5)20(27)23-15(10-12(2)3)18(25)21(7)11-28-21/h12-17,22H,9-11H2,1-8H3,(H,23,27)(H,24,26)/t14?,15-,16-,17?,21?/m0/s1. The topological polar surface area (TPSA) is 99.8 Å². The number of hydrogen-bond donors (Lipinski definition) is 3. The maximum absolute atomic E-state index is 13.1. The van der Waals surface area contributed by atoms with E-state index in [-0.39, 0.29) is 41.4 Å². The van der Waals surface area contributed by atoms with E-state index in [1.165, 1.54) is 0 Å². The van der Waals surface area contributed by atoms with E-state index in [0.29, 0.717) is 13.0 Å². The fourth-order valence-electron chi connectivity index (χ4n) is 3.30. The molecule has 3 unspecified atom stereocenters. The highest BCUT2D eigenvalue weighted by Gasteiger charge is 2.50. The first-order valence-corrected chi connectivity index (χ1v) is 10.4. The van der Waals surface area contributed by atoms with Crippen molar-refractivity contribution in [3.05, 3.63) is 0 Å². The summed E-state index contributed by atoms with van der Waals surface area (Å²) in [6.07, 6.45) is 1.27. The lowest BCUT2D eigenvalue weighted by atomic mass is 9.92. The SMILES string of the molecule is CCC(C)C(NC(=O)[C@@H](NC)C(C)C)C(=O)N[C@@H](CC(C)C)C(=O)C1(C)CO1. The minimum absolute atomic E-state index is 0.0591. The molecular weight excluding hydrogens is 358 g/mol. The highest BCUT2D eigenvalue weighted by molar-refractivity contribution is 5.98. The molecule has 2 amide bonds. The summed E-state index contributed by atoms with van der Waals surface area (Å²) in [7, 11) is 1.73. The molecule has 1 aliphatic heterocycles. The van der Waals surface area contributed by atoms with E-state index < -0.39 is 17.7 Å². The lowest BCUT2D eigenvalue weighted by molar-refractivity contribution is -0.134. The van der Waals surface area contributed by atoms with Crippen molar-refractivity contribution in [2.24, 2.45) is 17.8 Å². The first-order chi connectivity index (χ1) is 13.0. The fraction of sp³-hybridized carbons (Fsp3) is 0.857. The molecule has 0 aromatic rings. The van der Waals surface area contributed by atoms with Gasteiger partial charge in [-0.2, -0.15) is 0 Å². The molecule has 1 saturated heterocycles. The van der Waals surface area contributed by atoms with Crippen LogP contribution in [0.3, 0.4) is 0 Å². The number of likely N-dealkylation sites (N-methyl/N-ethyl adjacent to an activating group) is 1. The van der Waals surface area contributed by atoms with Gasteiger partial charge in [0.15, 0.2) is 5.78 Å². The molecule has 7 nitrogen and oxygen atoms in total. The molecule has 0 radical (unpaired) electrons. The quantitative estimate of drug-likeness (QED) is 0.435. The molecule has 1 aliphatic rings. The van der Waals surface area contributed by atoms with Gasteiger partial charge in [0.25, 0.3) is 0 Å². The first-order valence-electron chi connectivity index (χ1n) is 10.4. The lowest BCUT2D eigenvalue weighted by Crippen LogP contribution is -2.58. The Kier molecular flexibility index (Phi) is 9.08. The number of carbonyl (C=O) groups is 3. The zero-order valence-corrected chi connectivity index (χ0v) is 18.7. The Balaban J connectivity index is 2.94. The van der Waals surface area contributed by atoms with Crippen molar-refractivity contribution in [2.75, 3.05) is 13.7 Å². The van der Waals surface area contributed by atoms with E-state index in [4.69, 9.17) is 4.74 Å². The smallest absolute Gasteiger partial charge is 0.243 e. The van der Waals surface area contributed by atoms with E-state index in [9.17, 15) is 14.4 Å². The van der Waals surface area contributed by atoms with Crippen molar-refractivity contribution in [3.8, 4) is 0 Å². The van der Waals surface area contributed by atoms with Crippen LogP contribution in [0.1, 0.15) is 61.3 Å². The third kappa shape index (κ3) is 6.55. The van der Waals surface area contributed by atoms with Gasteiger partial charge >= 0.3 is 0 Å². The molecule has 0 spiro atoms. The number of ketones is 1. The van der Waals surface area contributed by atoms with Gasteiger partial charge in [0.05, 0.1) is 18.7 Å². The van der Waals surface area contributed by atoms with Crippen molar-refractivity contribution < 1.29 is 19.1 Å². The molecule has 1 fully saturated rings. The molecular formula is C21H39N3O4. The van der Waals surface area contributed by atoms with Crippen molar-refractivity contribution in [3.63, 3.8) is 0 Å². The fourth-order valence-corrected chi connectivity index (χ4v) is 3.30. The molecule has 28 heavy (non-hydrogen) atoms. The highest BCUT2D eigenvalue weighted by atomic mass is 16.6. The van der Waals surface area contributed by atoms with Crippen molar-refractivity contribution in [2.45, 2.75) is 85.0 Å².